The third kappa shape index (κ3) is 4.10. The summed E-state index contributed by atoms with van der Waals surface area (Å²) in [6.45, 7) is 7.46. The molecule has 0 radical (unpaired) electrons. The van der Waals surface area contributed by atoms with Gasteiger partial charge in [0.25, 0.3) is 5.91 Å². The summed E-state index contributed by atoms with van der Waals surface area (Å²) in [4.78, 5) is 28.1. The molecule has 7 nitrogen and oxygen atoms in total. The number of piperazine rings is 1. The lowest BCUT2D eigenvalue weighted by molar-refractivity contribution is 0.0950. The molecule has 0 spiro atoms. The van der Waals surface area contributed by atoms with Gasteiger partial charge in [-0.25, -0.2) is 15.0 Å². The zero-order valence-electron chi connectivity index (χ0n) is 13.1. The first-order chi connectivity index (χ1) is 11.2. The fourth-order valence-electron chi connectivity index (χ4n) is 2.45. The molecule has 23 heavy (non-hydrogen) atoms. The number of thiazole rings is 1. The molecule has 2 aromatic heterocycles. The van der Waals surface area contributed by atoms with Crippen LogP contribution in [0, 0.1) is 6.92 Å². The maximum Gasteiger partial charge on any atom is 0.263 e. The minimum Gasteiger partial charge on any atom is -0.350 e. The van der Waals surface area contributed by atoms with Crippen molar-refractivity contribution in [2.75, 3.05) is 39.3 Å². The Bertz CT molecular complexity index is 653. The fourth-order valence-corrected chi connectivity index (χ4v) is 3.39. The summed E-state index contributed by atoms with van der Waals surface area (Å²) in [6.07, 6.45) is 3.35. The van der Waals surface area contributed by atoms with E-state index in [-0.39, 0.29) is 5.91 Å². The smallest absolute Gasteiger partial charge is 0.263 e. The number of carbonyl (C=O) groups is 1. The lowest BCUT2D eigenvalue weighted by atomic mass is 10.3. The summed E-state index contributed by atoms with van der Waals surface area (Å²) in [5.41, 5.74) is 0.720. The molecule has 1 aliphatic rings. The topological polar surface area (TPSA) is 83.0 Å². The second-order valence-electron chi connectivity index (χ2n) is 5.35. The van der Waals surface area contributed by atoms with Crippen LogP contribution < -0.4 is 10.6 Å². The van der Waals surface area contributed by atoms with Crippen LogP contribution in [0.25, 0.3) is 10.8 Å². The van der Waals surface area contributed by atoms with E-state index in [9.17, 15) is 4.79 Å². The Labute approximate surface area is 139 Å². The van der Waals surface area contributed by atoms with E-state index in [2.05, 4.69) is 30.5 Å². The van der Waals surface area contributed by atoms with Crippen molar-refractivity contribution in [3.63, 3.8) is 0 Å². The van der Waals surface area contributed by atoms with Gasteiger partial charge in [0.15, 0.2) is 10.8 Å². The minimum atomic E-state index is -0.0719. The van der Waals surface area contributed by atoms with Gasteiger partial charge in [-0.05, 0) is 13.0 Å². The number of aromatic nitrogens is 3. The highest BCUT2D eigenvalue weighted by atomic mass is 32.1. The highest BCUT2D eigenvalue weighted by Gasteiger charge is 2.17. The van der Waals surface area contributed by atoms with Crippen LogP contribution in [-0.2, 0) is 0 Å². The van der Waals surface area contributed by atoms with Crippen LogP contribution in [0.5, 0.6) is 0 Å². The van der Waals surface area contributed by atoms with Gasteiger partial charge in [-0.1, -0.05) is 0 Å². The Morgan fingerprint density at radius 1 is 1.35 bits per heavy atom. The molecule has 0 atom stereocenters. The fraction of sp³-hybridized carbons (Fsp3) is 0.467. The second kappa shape index (κ2) is 7.58. The molecule has 3 heterocycles. The lowest BCUT2D eigenvalue weighted by Crippen LogP contribution is -2.46. The van der Waals surface area contributed by atoms with Crippen LogP contribution in [0.4, 0.5) is 0 Å². The van der Waals surface area contributed by atoms with Gasteiger partial charge in [0.05, 0.1) is 5.69 Å². The molecule has 8 heteroatoms. The second-order valence-corrected chi connectivity index (χ2v) is 6.35. The van der Waals surface area contributed by atoms with E-state index in [1.54, 1.807) is 18.5 Å². The number of carbonyl (C=O) groups excluding carboxylic acids is 1. The number of aryl methyl sites for hydroxylation is 1. The van der Waals surface area contributed by atoms with Crippen LogP contribution >= 0.6 is 11.3 Å². The quantitative estimate of drug-likeness (QED) is 0.832. The van der Waals surface area contributed by atoms with Crippen molar-refractivity contribution in [2.24, 2.45) is 0 Å². The molecule has 0 aromatic carbocycles. The summed E-state index contributed by atoms with van der Waals surface area (Å²) in [5, 5.41) is 6.97. The van der Waals surface area contributed by atoms with Crippen molar-refractivity contribution in [3.8, 4) is 10.8 Å². The lowest BCUT2D eigenvalue weighted by Gasteiger charge is -2.27. The molecular weight excluding hydrogens is 312 g/mol. The van der Waals surface area contributed by atoms with Gasteiger partial charge in [0.2, 0.25) is 0 Å². The van der Waals surface area contributed by atoms with Crippen molar-refractivity contribution >= 4 is 17.2 Å². The van der Waals surface area contributed by atoms with Crippen LogP contribution in [0.2, 0.25) is 0 Å². The highest BCUT2D eigenvalue weighted by molar-refractivity contribution is 7.17. The van der Waals surface area contributed by atoms with E-state index in [0.717, 1.165) is 38.4 Å². The van der Waals surface area contributed by atoms with E-state index >= 15 is 0 Å². The van der Waals surface area contributed by atoms with Gasteiger partial charge in [-0.15, -0.1) is 11.3 Å². The average Bonchev–Trinajstić information content (AvgIpc) is 2.98. The van der Waals surface area contributed by atoms with Crippen molar-refractivity contribution < 1.29 is 4.79 Å². The van der Waals surface area contributed by atoms with E-state index in [0.29, 0.717) is 22.3 Å². The molecule has 1 aliphatic heterocycles. The summed E-state index contributed by atoms with van der Waals surface area (Å²) < 4.78 is 0. The molecule has 0 unspecified atom stereocenters. The maximum absolute atomic E-state index is 12.3. The SMILES string of the molecule is Cc1nc(-c2ncccn2)sc1C(=O)NCCN1CCNCC1. The Hall–Kier alpha value is -1.90. The maximum atomic E-state index is 12.3. The average molecular weight is 332 g/mol. The van der Waals surface area contributed by atoms with Gasteiger partial charge in [-0.2, -0.15) is 0 Å². The van der Waals surface area contributed by atoms with E-state index in [1.165, 1.54) is 11.3 Å². The van der Waals surface area contributed by atoms with Gasteiger partial charge in [0, 0.05) is 51.7 Å². The van der Waals surface area contributed by atoms with E-state index in [1.807, 2.05) is 6.92 Å². The third-order valence-electron chi connectivity index (χ3n) is 3.68. The molecular formula is C15H20N6OS. The molecule has 2 aromatic rings. The van der Waals surface area contributed by atoms with Crippen molar-refractivity contribution in [3.05, 3.63) is 29.0 Å². The molecule has 122 valence electrons. The van der Waals surface area contributed by atoms with Crippen molar-refractivity contribution in [1.29, 1.82) is 0 Å². The molecule has 1 fully saturated rings. The van der Waals surface area contributed by atoms with Gasteiger partial charge in [-0.3, -0.25) is 9.69 Å². The Balaban J connectivity index is 1.58. The summed E-state index contributed by atoms with van der Waals surface area (Å²) >= 11 is 1.33. The number of amides is 1. The first-order valence-corrected chi connectivity index (χ1v) is 8.52. The van der Waals surface area contributed by atoms with Gasteiger partial charge < -0.3 is 10.6 Å². The molecule has 1 amide bonds. The molecule has 0 saturated carbocycles. The number of hydrogen-bond donors (Lipinski definition) is 2. The van der Waals surface area contributed by atoms with Crippen LogP contribution in [-0.4, -0.2) is 65.0 Å². The van der Waals surface area contributed by atoms with Crippen LogP contribution in [0.15, 0.2) is 18.5 Å². The van der Waals surface area contributed by atoms with Crippen molar-refractivity contribution in [1.82, 2.24) is 30.5 Å². The molecule has 3 rings (SSSR count). The first kappa shape index (κ1) is 16.0. The van der Waals surface area contributed by atoms with E-state index in [4.69, 9.17) is 0 Å². The van der Waals surface area contributed by atoms with Crippen LogP contribution in [0.1, 0.15) is 15.4 Å². The Morgan fingerprint density at radius 2 is 2.09 bits per heavy atom. The van der Waals surface area contributed by atoms with Crippen molar-refractivity contribution in [2.45, 2.75) is 6.92 Å². The number of nitrogens with one attached hydrogen (secondary N) is 2. The van der Waals surface area contributed by atoms with Crippen LogP contribution in [0.3, 0.4) is 0 Å². The Kier molecular flexibility index (Phi) is 5.27. The zero-order chi connectivity index (χ0) is 16.1. The standard InChI is InChI=1S/C15H20N6OS/c1-11-12(23-15(20-11)13-17-3-2-4-18-13)14(22)19-7-10-21-8-5-16-6-9-21/h2-4,16H,5-10H2,1H3,(H,19,22). The monoisotopic (exact) mass is 332 g/mol. The summed E-state index contributed by atoms with van der Waals surface area (Å²) in [7, 11) is 0. The largest absolute Gasteiger partial charge is 0.350 e. The summed E-state index contributed by atoms with van der Waals surface area (Å²) in [6, 6.07) is 1.76. The molecule has 2 N–H and O–H groups in total. The number of hydrogen-bond acceptors (Lipinski definition) is 7. The Morgan fingerprint density at radius 3 is 2.83 bits per heavy atom. The number of nitrogens with zero attached hydrogens (tertiary/aromatic N) is 4. The zero-order valence-corrected chi connectivity index (χ0v) is 13.9. The van der Waals surface area contributed by atoms with E-state index < -0.39 is 0 Å². The molecule has 1 saturated heterocycles. The molecule has 0 aliphatic carbocycles. The van der Waals surface area contributed by atoms with Gasteiger partial charge in [0.1, 0.15) is 4.88 Å². The predicted molar refractivity (Wildman–Crippen MR) is 89.5 cm³/mol. The van der Waals surface area contributed by atoms with Gasteiger partial charge >= 0.3 is 0 Å². The normalized spacial score (nSPS) is 15.5. The summed E-state index contributed by atoms with van der Waals surface area (Å²) in [5.74, 6) is 0.484. The third-order valence-corrected chi connectivity index (χ3v) is 4.84. The first-order valence-electron chi connectivity index (χ1n) is 7.70. The minimum absolute atomic E-state index is 0.0719. The molecule has 0 bridgehead atoms. The highest BCUT2D eigenvalue weighted by Crippen LogP contribution is 2.24. The number of rotatable bonds is 5. The predicted octanol–water partition coefficient (Wildman–Crippen LogP) is 0.544.